The maximum atomic E-state index is 12.5. The van der Waals surface area contributed by atoms with Gasteiger partial charge in [0, 0.05) is 12.0 Å². The van der Waals surface area contributed by atoms with Crippen molar-refractivity contribution in [3.8, 4) is 5.69 Å². The highest BCUT2D eigenvalue weighted by atomic mass is 16.2. The Hall–Kier alpha value is -3.42. The van der Waals surface area contributed by atoms with E-state index in [0.29, 0.717) is 11.4 Å². The van der Waals surface area contributed by atoms with Crippen LogP contribution >= 0.6 is 0 Å². The summed E-state index contributed by atoms with van der Waals surface area (Å²) in [5.74, 6) is -1.96. The highest BCUT2D eigenvalue weighted by molar-refractivity contribution is 6.23. The third-order valence-corrected chi connectivity index (χ3v) is 3.88. The van der Waals surface area contributed by atoms with Crippen LogP contribution in [0.4, 0.5) is 11.5 Å². The topological polar surface area (TPSA) is 123 Å². The van der Waals surface area contributed by atoms with Gasteiger partial charge in [-0.15, -0.1) is 0 Å². The van der Waals surface area contributed by atoms with Gasteiger partial charge < -0.3 is 11.1 Å². The highest BCUT2D eigenvalue weighted by Gasteiger charge is 2.32. The molecule has 0 spiro atoms. The van der Waals surface area contributed by atoms with Gasteiger partial charge in [0.15, 0.2) is 0 Å². The van der Waals surface area contributed by atoms with Crippen LogP contribution in [0.5, 0.6) is 0 Å². The molecule has 1 aliphatic rings. The van der Waals surface area contributed by atoms with Crippen LogP contribution in [0.15, 0.2) is 35.1 Å². The second-order valence-electron chi connectivity index (χ2n) is 5.94. The van der Waals surface area contributed by atoms with Gasteiger partial charge in [0.05, 0.1) is 22.5 Å². The average Bonchev–Trinajstić information content (AvgIpc) is 2.83. The van der Waals surface area contributed by atoms with Crippen LogP contribution in [-0.4, -0.2) is 22.3 Å². The number of fused-ring (bicyclic) bond motifs is 1. The molecule has 25 heavy (non-hydrogen) atoms. The summed E-state index contributed by atoms with van der Waals surface area (Å²) in [6.07, 6.45) is 0. The standard InChI is InChI=1S/C17H16N4O4/c1-8(2)15(23)19-10-5-3-4-6-11(10)21-12(22)7-9-13(14(21)18)17(25)20-16(9)24/h3-8H,18H2,1-2H3,(H,19,23)(H,20,24,25). The summed E-state index contributed by atoms with van der Waals surface area (Å²) in [6.45, 7) is 3.48. The molecule has 128 valence electrons. The van der Waals surface area contributed by atoms with Crippen LogP contribution in [-0.2, 0) is 4.79 Å². The molecule has 0 atom stereocenters. The van der Waals surface area contributed by atoms with Crippen molar-refractivity contribution in [3.63, 3.8) is 0 Å². The second-order valence-corrected chi connectivity index (χ2v) is 5.94. The molecule has 3 rings (SSSR count). The molecular weight excluding hydrogens is 324 g/mol. The molecule has 0 saturated carbocycles. The summed E-state index contributed by atoms with van der Waals surface area (Å²) in [7, 11) is 0. The number of nitrogens with two attached hydrogens (primary N) is 1. The molecule has 4 N–H and O–H groups in total. The van der Waals surface area contributed by atoms with Crippen molar-refractivity contribution < 1.29 is 14.4 Å². The fourth-order valence-corrected chi connectivity index (χ4v) is 2.58. The van der Waals surface area contributed by atoms with E-state index in [1.54, 1.807) is 38.1 Å². The number of hydrogen-bond acceptors (Lipinski definition) is 5. The number of carbonyl (C=O) groups excluding carboxylic acids is 3. The molecule has 2 heterocycles. The van der Waals surface area contributed by atoms with Crippen LogP contribution in [0.2, 0.25) is 0 Å². The minimum atomic E-state index is -0.657. The molecule has 0 saturated heterocycles. The Balaban J connectivity index is 2.21. The summed E-state index contributed by atoms with van der Waals surface area (Å²) in [5.41, 5.74) is 6.03. The summed E-state index contributed by atoms with van der Waals surface area (Å²) in [4.78, 5) is 48.2. The normalized spacial score (nSPS) is 12.9. The zero-order chi connectivity index (χ0) is 18.3. The van der Waals surface area contributed by atoms with Crippen molar-refractivity contribution in [2.24, 2.45) is 5.92 Å². The first kappa shape index (κ1) is 16.4. The zero-order valence-electron chi connectivity index (χ0n) is 13.6. The van der Waals surface area contributed by atoms with Crippen molar-refractivity contribution >= 4 is 29.2 Å². The fraction of sp³-hybridized carbons (Fsp3) is 0.176. The Morgan fingerprint density at radius 3 is 2.52 bits per heavy atom. The quantitative estimate of drug-likeness (QED) is 0.716. The van der Waals surface area contributed by atoms with E-state index in [9.17, 15) is 19.2 Å². The molecule has 3 amide bonds. The number of imide groups is 1. The summed E-state index contributed by atoms with van der Waals surface area (Å²) in [6, 6.07) is 7.65. The number of hydrogen-bond donors (Lipinski definition) is 3. The Kier molecular flexibility index (Phi) is 3.88. The van der Waals surface area contributed by atoms with Gasteiger partial charge in [0.25, 0.3) is 17.4 Å². The van der Waals surface area contributed by atoms with E-state index in [0.717, 1.165) is 10.6 Å². The van der Waals surface area contributed by atoms with E-state index in [1.165, 1.54) is 0 Å². The van der Waals surface area contributed by atoms with Crippen molar-refractivity contribution in [1.82, 2.24) is 9.88 Å². The van der Waals surface area contributed by atoms with Gasteiger partial charge in [0.1, 0.15) is 5.82 Å². The van der Waals surface area contributed by atoms with E-state index in [-0.39, 0.29) is 28.8 Å². The van der Waals surface area contributed by atoms with Gasteiger partial charge >= 0.3 is 0 Å². The molecule has 2 aromatic rings. The zero-order valence-corrected chi connectivity index (χ0v) is 13.6. The number of pyridine rings is 1. The molecule has 0 aliphatic carbocycles. The van der Waals surface area contributed by atoms with Gasteiger partial charge in [-0.05, 0) is 12.1 Å². The first-order valence-corrected chi connectivity index (χ1v) is 7.62. The minimum absolute atomic E-state index is 0.0467. The number of nitrogens with zero attached hydrogens (tertiary/aromatic N) is 1. The number of anilines is 2. The van der Waals surface area contributed by atoms with Crippen molar-refractivity contribution in [1.29, 1.82) is 0 Å². The predicted molar refractivity (Wildman–Crippen MR) is 91.7 cm³/mol. The Labute approximate surface area is 142 Å². The first-order chi connectivity index (χ1) is 11.8. The van der Waals surface area contributed by atoms with Gasteiger partial charge in [-0.2, -0.15) is 0 Å². The smallest absolute Gasteiger partial charge is 0.262 e. The van der Waals surface area contributed by atoms with Crippen LogP contribution in [0.1, 0.15) is 34.6 Å². The number of benzene rings is 1. The number of nitrogen functional groups attached to an aromatic ring is 1. The molecule has 0 fully saturated rings. The lowest BCUT2D eigenvalue weighted by atomic mass is 10.1. The molecule has 8 nitrogen and oxygen atoms in total. The molecule has 1 aromatic heterocycles. The summed E-state index contributed by atoms with van der Waals surface area (Å²) >= 11 is 0. The van der Waals surface area contributed by atoms with Gasteiger partial charge in [0.2, 0.25) is 5.91 Å². The Morgan fingerprint density at radius 1 is 1.16 bits per heavy atom. The molecule has 0 bridgehead atoms. The largest absolute Gasteiger partial charge is 0.384 e. The van der Waals surface area contributed by atoms with Crippen LogP contribution in [0.3, 0.4) is 0 Å². The summed E-state index contributed by atoms with van der Waals surface area (Å²) < 4.78 is 1.10. The van der Waals surface area contributed by atoms with Crippen molar-refractivity contribution in [2.75, 3.05) is 11.1 Å². The molecule has 0 radical (unpaired) electrons. The summed E-state index contributed by atoms with van der Waals surface area (Å²) in [5, 5.41) is 4.84. The van der Waals surface area contributed by atoms with Crippen LogP contribution in [0.25, 0.3) is 5.69 Å². The van der Waals surface area contributed by atoms with E-state index in [1.807, 2.05) is 0 Å². The van der Waals surface area contributed by atoms with E-state index in [2.05, 4.69) is 10.6 Å². The van der Waals surface area contributed by atoms with E-state index >= 15 is 0 Å². The van der Waals surface area contributed by atoms with E-state index in [4.69, 9.17) is 5.73 Å². The van der Waals surface area contributed by atoms with Crippen molar-refractivity contribution in [2.45, 2.75) is 13.8 Å². The van der Waals surface area contributed by atoms with Gasteiger partial charge in [-0.1, -0.05) is 26.0 Å². The average molecular weight is 340 g/mol. The van der Waals surface area contributed by atoms with E-state index < -0.39 is 17.4 Å². The molecule has 1 aliphatic heterocycles. The fourth-order valence-electron chi connectivity index (χ4n) is 2.58. The monoisotopic (exact) mass is 340 g/mol. The maximum Gasteiger partial charge on any atom is 0.262 e. The Bertz CT molecular complexity index is 975. The number of rotatable bonds is 3. The molecule has 8 heteroatoms. The SMILES string of the molecule is CC(C)C(=O)Nc1ccccc1-n1c(N)c2c(cc1=O)C(=O)NC2=O. The highest BCUT2D eigenvalue weighted by Crippen LogP contribution is 2.26. The minimum Gasteiger partial charge on any atom is -0.384 e. The Morgan fingerprint density at radius 2 is 1.84 bits per heavy atom. The number of amides is 3. The van der Waals surface area contributed by atoms with Gasteiger partial charge in [-0.3, -0.25) is 29.1 Å². The van der Waals surface area contributed by atoms with Crippen LogP contribution in [0, 0.1) is 5.92 Å². The lowest BCUT2D eigenvalue weighted by Gasteiger charge is -2.17. The number of aromatic nitrogens is 1. The number of nitrogens with one attached hydrogen (secondary N) is 2. The molecule has 1 aromatic carbocycles. The second kappa shape index (κ2) is 5.90. The predicted octanol–water partition coefficient (Wildman–Crippen LogP) is 0.898. The molecular formula is C17H16N4O4. The first-order valence-electron chi connectivity index (χ1n) is 7.62. The van der Waals surface area contributed by atoms with Gasteiger partial charge in [-0.25, -0.2) is 0 Å². The molecule has 0 unspecified atom stereocenters. The maximum absolute atomic E-state index is 12.5. The lowest BCUT2D eigenvalue weighted by Crippen LogP contribution is -2.26. The number of carbonyl (C=O) groups is 3. The number of para-hydroxylation sites is 2. The third kappa shape index (κ3) is 2.67. The third-order valence-electron chi connectivity index (χ3n) is 3.88. The lowest BCUT2D eigenvalue weighted by molar-refractivity contribution is -0.118. The van der Waals surface area contributed by atoms with Crippen molar-refractivity contribution in [3.05, 3.63) is 51.8 Å². The van der Waals surface area contributed by atoms with Crippen LogP contribution < -0.4 is 21.9 Å².